The molecule has 3 heterocycles. The van der Waals surface area contributed by atoms with Gasteiger partial charge in [-0.1, -0.05) is 13.0 Å². The highest BCUT2D eigenvalue weighted by Gasteiger charge is 2.20. The fraction of sp³-hybridized carbons (Fsp3) is 0.500. The van der Waals surface area contributed by atoms with Gasteiger partial charge in [0.05, 0.1) is 6.10 Å². The molecule has 0 unspecified atom stereocenters. The molecule has 0 radical (unpaired) electrons. The Hall–Kier alpha value is -2.05. The molecule has 6 nitrogen and oxygen atoms in total. The number of aliphatic hydroxyl groups excluding tert-OH is 1. The van der Waals surface area contributed by atoms with Crippen LogP contribution in [0, 0.1) is 0 Å². The van der Waals surface area contributed by atoms with Crippen molar-refractivity contribution in [2.75, 3.05) is 37.6 Å². The van der Waals surface area contributed by atoms with Crippen LogP contribution in [-0.2, 0) is 6.42 Å². The summed E-state index contributed by atoms with van der Waals surface area (Å²) in [4.78, 5) is 18.3. The molecule has 1 aliphatic heterocycles. The molecule has 0 amide bonds. The van der Waals surface area contributed by atoms with Crippen LogP contribution in [0.5, 0.6) is 0 Å². The zero-order chi connectivity index (χ0) is 16.9. The molecule has 128 valence electrons. The number of piperazine rings is 1. The second-order valence-corrected chi connectivity index (χ2v) is 6.25. The topological polar surface area (TPSA) is 65.4 Å². The smallest absolute Gasteiger partial charge is 0.180 e. The Morgan fingerprint density at radius 2 is 1.96 bits per heavy atom. The van der Waals surface area contributed by atoms with Crippen LogP contribution in [0.15, 0.2) is 30.5 Å². The molecule has 24 heavy (non-hydrogen) atoms. The first-order chi connectivity index (χ1) is 11.7. The normalized spacial score (nSPS) is 17.0. The third-order valence-corrected chi connectivity index (χ3v) is 4.24. The zero-order valence-electron chi connectivity index (χ0n) is 14.4. The maximum absolute atomic E-state index is 9.54. The number of nitrogens with zero attached hydrogens (tertiary/aromatic N) is 5. The van der Waals surface area contributed by atoms with Gasteiger partial charge in [0.1, 0.15) is 11.5 Å². The van der Waals surface area contributed by atoms with Crippen molar-refractivity contribution in [1.82, 2.24) is 19.9 Å². The Kier molecular flexibility index (Phi) is 5.37. The molecule has 1 saturated heterocycles. The summed E-state index contributed by atoms with van der Waals surface area (Å²) in [7, 11) is 0. The molecule has 1 aliphatic rings. The van der Waals surface area contributed by atoms with E-state index in [2.05, 4.69) is 32.8 Å². The first-order valence-corrected chi connectivity index (χ1v) is 8.60. The quantitative estimate of drug-likeness (QED) is 0.900. The highest BCUT2D eigenvalue weighted by molar-refractivity contribution is 5.54. The fourth-order valence-corrected chi connectivity index (χ4v) is 2.97. The maximum atomic E-state index is 9.54. The average molecular weight is 327 g/mol. The number of aryl methyl sites for hydroxylation is 1. The van der Waals surface area contributed by atoms with E-state index in [9.17, 15) is 5.11 Å². The molecular weight excluding hydrogens is 302 g/mol. The van der Waals surface area contributed by atoms with Gasteiger partial charge in [0, 0.05) is 50.7 Å². The van der Waals surface area contributed by atoms with Crippen molar-refractivity contribution in [3.63, 3.8) is 0 Å². The summed E-state index contributed by atoms with van der Waals surface area (Å²) < 4.78 is 0. The first kappa shape index (κ1) is 16.8. The van der Waals surface area contributed by atoms with Crippen molar-refractivity contribution in [3.8, 4) is 11.5 Å². The number of β-amino-alcohol motifs (C(OH)–C–C–N with tert-alkyl or cyclic N) is 1. The van der Waals surface area contributed by atoms with Gasteiger partial charge in [0.2, 0.25) is 0 Å². The average Bonchev–Trinajstić information content (AvgIpc) is 2.62. The van der Waals surface area contributed by atoms with Gasteiger partial charge < -0.3 is 10.0 Å². The van der Waals surface area contributed by atoms with E-state index < -0.39 is 0 Å². The summed E-state index contributed by atoms with van der Waals surface area (Å²) in [6.07, 6.45) is 2.36. The Balaban J connectivity index is 1.79. The Bertz CT molecular complexity index is 654. The number of aromatic nitrogens is 3. The van der Waals surface area contributed by atoms with Crippen LogP contribution in [0.25, 0.3) is 11.5 Å². The van der Waals surface area contributed by atoms with Crippen LogP contribution in [0.3, 0.4) is 0 Å². The van der Waals surface area contributed by atoms with E-state index in [-0.39, 0.29) is 6.10 Å². The minimum atomic E-state index is -0.280. The fourth-order valence-electron chi connectivity index (χ4n) is 2.97. The molecule has 1 N–H and O–H groups in total. The van der Waals surface area contributed by atoms with Crippen molar-refractivity contribution < 1.29 is 5.11 Å². The third-order valence-electron chi connectivity index (χ3n) is 4.24. The van der Waals surface area contributed by atoms with Crippen molar-refractivity contribution in [2.24, 2.45) is 0 Å². The predicted octanol–water partition coefficient (Wildman–Crippen LogP) is 1.60. The number of hydrogen-bond donors (Lipinski definition) is 1. The number of hydrogen-bond acceptors (Lipinski definition) is 6. The molecule has 1 atom stereocenters. The van der Waals surface area contributed by atoms with Crippen molar-refractivity contribution in [3.05, 3.63) is 36.2 Å². The predicted molar refractivity (Wildman–Crippen MR) is 95.0 cm³/mol. The maximum Gasteiger partial charge on any atom is 0.180 e. The molecule has 1 fully saturated rings. The molecule has 0 saturated carbocycles. The summed E-state index contributed by atoms with van der Waals surface area (Å²) in [6, 6.07) is 7.88. The van der Waals surface area contributed by atoms with Crippen LogP contribution >= 0.6 is 0 Å². The Morgan fingerprint density at radius 1 is 1.17 bits per heavy atom. The molecule has 0 spiro atoms. The van der Waals surface area contributed by atoms with E-state index in [4.69, 9.17) is 4.98 Å². The summed E-state index contributed by atoms with van der Waals surface area (Å²) >= 11 is 0. The largest absolute Gasteiger partial charge is 0.392 e. The SMILES string of the molecule is CCc1cc(N2CCN(C[C@@H](C)O)CC2)nc(-c2ccccn2)n1. The Labute approximate surface area is 143 Å². The van der Waals surface area contributed by atoms with E-state index in [0.29, 0.717) is 5.82 Å². The van der Waals surface area contributed by atoms with E-state index in [1.165, 1.54) is 0 Å². The molecular formula is C18H25N5O. The third kappa shape index (κ3) is 4.07. The number of aliphatic hydroxyl groups is 1. The lowest BCUT2D eigenvalue weighted by Gasteiger charge is -2.36. The number of pyridine rings is 1. The van der Waals surface area contributed by atoms with Crippen molar-refractivity contribution in [1.29, 1.82) is 0 Å². The van der Waals surface area contributed by atoms with Gasteiger partial charge in [0.25, 0.3) is 0 Å². The lowest BCUT2D eigenvalue weighted by atomic mass is 10.2. The lowest BCUT2D eigenvalue weighted by Crippen LogP contribution is -2.48. The van der Waals surface area contributed by atoms with Gasteiger partial charge in [-0.25, -0.2) is 9.97 Å². The summed E-state index contributed by atoms with van der Waals surface area (Å²) in [5.41, 5.74) is 1.84. The standard InChI is InChI=1S/C18H25N5O/c1-3-15-12-17(21-18(20-15)16-6-4-5-7-19-16)23-10-8-22(9-11-23)13-14(2)24/h4-7,12,14,24H,3,8-11,13H2,1-2H3/t14-/m1/s1. The van der Waals surface area contributed by atoms with E-state index in [0.717, 1.165) is 56.4 Å². The molecule has 0 aliphatic carbocycles. The zero-order valence-corrected chi connectivity index (χ0v) is 14.4. The number of anilines is 1. The second-order valence-electron chi connectivity index (χ2n) is 6.25. The highest BCUT2D eigenvalue weighted by atomic mass is 16.3. The molecule has 6 heteroatoms. The first-order valence-electron chi connectivity index (χ1n) is 8.60. The summed E-state index contributed by atoms with van der Waals surface area (Å²) in [6.45, 7) is 8.38. The number of rotatable bonds is 5. The van der Waals surface area contributed by atoms with Gasteiger partial charge in [0.15, 0.2) is 5.82 Å². The summed E-state index contributed by atoms with van der Waals surface area (Å²) in [5, 5.41) is 9.54. The minimum Gasteiger partial charge on any atom is -0.392 e. The van der Waals surface area contributed by atoms with Crippen LogP contribution in [-0.4, -0.2) is 63.8 Å². The van der Waals surface area contributed by atoms with Crippen molar-refractivity contribution >= 4 is 5.82 Å². The van der Waals surface area contributed by atoms with Gasteiger partial charge in [-0.05, 0) is 25.5 Å². The molecule has 2 aromatic rings. The lowest BCUT2D eigenvalue weighted by molar-refractivity contribution is 0.122. The molecule has 0 bridgehead atoms. The molecule has 0 aromatic carbocycles. The molecule has 3 rings (SSSR count). The highest BCUT2D eigenvalue weighted by Crippen LogP contribution is 2.20. The minimum absolute atomic E-state index is 0.280. The van der Waals surface area contributed by atoms with Gasteiger partial charge in [-0.3, -0.25) is 9.88 Å². The van der Waals surface area contributed by atoms with E-state index in [1.807, 2.05) is 25.1 Å². The van der Waals surface area contributed by atoms with Crippen LogP contribution in [0.1, 0.15) is 19.5 Å². The van der Waals surface area contributed by atoms with Crippen molar-refractivity contribution in [2.45, 2.75) is 26.4 Å². The summed E-state index contributed by atoms with van der Waals surface area (Å²) in [5.74, 6) is 1.66. The van der Waals surface area contributed by atoms with Gasteiger partial charge in [-0.2, -0.15) is 0 Å². The van der Waals surface area contributed by atoms with Crippen LogP contribution in [0.4, 0.5) is 5.82 Å². The van der Waals surface area contributed by atoms with Crippen LogP contribution in [0.2, 0.25) is 0 Å². The van der Waals surface area contributed by atoms with E-state index in [1.54, 1.807) is 6.20 Å². The molecule has 2 aromatic heterocycles. The second kappa shape index (κ2) is 7.68. The van der Waals surface area contributed by atoms with Gasteiger partial charge in [-0.15, -0.1) is 0 Å². The Morgan fingerprint density at radius 3 is 2.58 bits per heavy atom. The van der Waals surface area contributed by atoms with Gasteiger partial charge >= 0.3 is 0 Å². The monoisotopic (exact) mass is 327 g/mol. The van der Waals surface area contributed by atoms with Crippen LogP contribution < -0.4 is 4.90 Å². The van der Waals surface area contributed by atoms with E-state index >= 15 is 0 Å².